The summed E-state index contributed by atoms with van der Waals surface area (Å²) in [6.45, 7) is 6.80. The van der Waals surface area contributed by atoms with Gasteiger partial charge in [0, 0.05) is 17.9 Å². The summed E-state index contributed by atoms with van der Waals surface area (Å²) < 4.78 is 49.3. The number of oxime groups is 1. The van der Waals surface area contributed by atoms with Crippen LogP contribution in [-0.2, 0) is 25.2 Å². The molecule has 0 saturated carbocycles. The zero-order valence-electron chi connectivity index (χ0n) is 15.2. The van der Waals surface area contributed by atoms with Gasteiger partial charge in [-0.3, -0.25) is 5.32 Å². The Hall–Kier alpha value is -2.95. The van der Waals surface area contributed by atoms with Crippen molar-refractivity contribution in [3.05, 3.63) is 36.3 Å². The van der Waals surface area contributed by atoms with Crippen molar-refractivity contribution in [1.82, 2.24) is 5.16 Å². The maximum atomic E-state index is 14.3. The van der Waals surface area contributed by atoms with Gasteiger partial charge in [-0.25, -0.2) is 17.6 Å². The number of carbonyl (C=O) groups is 1. The molecule has 3 rings (SSSR count). The molecule has 2 heterocycles. The van der Waals surface area contributed by atoms with E-state index >= 15 is 0 Å². The number of ether oxygens (including phenoxy) is 1. The van der Waals surface area contributed by atoms with E-state index in [1.54, 1.807) is 13.8 Å². The molecule has 0 spiro atoms. The summed E-state index contributed by atoms with van der Waals surface area (Å²) in [5, 5.41) is 9.66. The van der Waals surface area contributed by atoms with E-state index in [2.05, 4.69) is 22.2 Å². The molecule has 0 bridgehead atoms. The first-order valence-electron chi connectivity index (χ1n) is 8.21. The molecule has 2 aromatic rings. The summed E-state index contributed by atoms with van der Waals surface area (Å²) >= 11 is 0. The summed E-state index contributed by atoms with van der Waals surface area (Å²) in [5.41, 5.74) is -0.763. The van der Waals surface area contributed by atoms with Gasteiger partial charge >= 0.3 is 6.09 Å². The third-order valence-corrected chi connectivity index (χ3v) is 5.45. The molecule has 28 heavy (non-hydrogen) atoms. The fourth-order valence-corrected chi connectivity index (χ4v) is 3.97. The van der Waals surface area contributed by atoms with Crippen LogP contribution >= 0.6 is 0 Å². The summed E-state index contributed by atoms with van der Waals surface area (Å²) in [6.07, 6.45) is 0.617. The van der Waals surface area contributed by atoms with Crippen molar-refractivity contribution in [3.8, 4) is 0 Å². The van der Waals surface area contributed by atoms with Gasteiger partial charge in [0.05, 0.1) is 5.69 Å². The number of sulfone groups is 1. The number of amides is 1. The van der Waals surface area contributed by atoms with Crippen molar-refractivity contribution >= 4 is 37.6 Å². The van der Waals surface area contributed by atoms with Gasteiger partial charge in [0.15, 0.2) is 10.6 Å². The minimum Gasteiger partial charge on any atom is -0.445 e. The summed E-state index contributed by atoms with van der Waals surface area (Å²) in [5.74, 6) is -1.32. The van der Waals surface area contributed by atoms with E-state index in [-0.39, 0.29) is 40.4 Å². The third kappa shape index (κ3) is 4.14. The molecule has 0 fully saturated rings. The van der Waals surface area contributed by atoms with Gasteiger partial charge in [0.1, 0.15) is 29.5 Å². The van der Waals surface area contributed by atoms with E-state index in [1.165, 1.54) is 12.1 Å². The molecule has 0 unspecified atom stereocenters. The molecule has 150 valence electrons. The second-order valence-electron chi connectivity index (χ2n) is 6.74. The Bertz CT molecular complexity index is 1070. The molecule has 0 saturated heterocycles. The van der Waals surface area contributed by atoms with Gasteiger partial charge in [-0.2, -0.15) is 0 Å². The number of halogens is 1. The topological polar surface area (TPSA) is 120 Å². The van der Waals surface area contributed by atoms with Crippen LogP contribution in [0.15, 0.2) is 34.5 Å². The van der Waals surface area contributed by atoms with Crippen LogP contribution in [0.5, 0.6) is 0 Å². The van der Waals surface area contributed by atoms with Crippen LogP contribution in [0.3, 0.4) is 0 Å². The minimum absolute atomic E-state index is 0.0297. The first kappa shape index (κ1) is 19.8. The molecular formula is C17H18FN3O6S. The molecule has 1 aromatic heterocycles. The van der Waals surface area contributed by atoms with E-state index in [4.69, 9.17) is 14.1 Å². The summed E-state index contributed by atoms with van der Waals surface area (Å²) in [6, 6.07) is 2.24. The van der Waals surface area contributed by atoms with Crippen LogP contribution in [0, 0.1) is 5.82 Å². The number of fused-ring (bicyclic) bond motifs is 1. The van der Waals surface area contributed by atoms with Crippen LogP contribution < -0.4 is 5.32 Å². The third-order valence-electron chi connectivity index (χ3n) is 3.86. The number of nitrogens with one attached hydrogen (secondary N) is 1. The van der Waals surface area contributed by atoms with Crippen molar-refractivity contribution in [3.63, 3.8) is 0 Å². The predicted octanol–water partition coefficient (Wildman–Crippen LogP) is 3.13. The predicted molar refractivity (Wildman–Crippen MR) is 99.0 cm³/mol. The Balaban J connectivity index is 1.83. The van der Waals surface area contributed by atoms with Crippen molar-refractivity contribution in [2.45, 2.75) is 31.6 Å². The van der Waals surface area contributed by atoms with E-state index in [9.17, 15) is 17.6 Å². The molecule has 0 radical (unpaired) electrons. The number of nitrogens with zero attached hydrogens (tertiary/aromatic N) is 2. The molecular weight excluding hydrogens is 393 g/mol. The Kier molecular flexibility index (Phi) is 5.11. The Labute approximate surface area is 160 Å². The SMILES string of the molecule is C=CCOC(=O)Nc1cc2onc(CS(=O)(=O)C3=NOC(C)(C)C3)c2cc1F. The van der Waals surface area contributed by atoms with Gasteiger partial charge in [-0.15, -0.1) is 0 Å². The molecule has 1 amide bonds. The van der Waals surface area contributed by atoms with Crippen molar-refractivity contribution in [2.24, 2.45) is 5.16 Å². The first-order valence-corrected chi connectivity index (χ1v) is 9.87. The number of anilines is 1. The lowest BCUT2D eigenvalue weighted by Crippen LogP contribution is -2.23. The van der Waals surface area contributed by atoms with Crippen molar-refractivity contribution in [1.29, 1.82) is 0 Å². The number of benzene rings is 1. The van der Waals surface area contributed by atoms with E-state index in [0.29, 0.717) is 0 Å². The van der Waals surface area contributed by atoms with Gasteiger partial charge in [-0.05, 0) is 19.9 Å². The average molecular weight is 411 g/mol. The highest BCUT2D eigenvalue weighted by molar-refractivity contribution is 8.05. The number of carbonyl (C=O) groups excluding carboxylic acids is 1. The molecule has 9 nitrogen and oxygen atoms in total. The van der Waals surface area contributed by atoms with Gasteiger partial charge in [0.25, 0.3) is 0 Å². The lowest BCUT2D eigenvalue weighted by Gasteiger charge is -2.13. The first-order chi connectivity index (χ1) is 13.1. The largest absolute Gasteiger partial charge is 0.445 e. The number of aromatic nitrogens is 1. The van der Waals surface area contributed by atoms with Crippen LogP contribution in [-0.4, -0.2) is 36.9 Å². The molecule has 1 N–H and O–H groups in total. The quantitative estimate of drug-likeness (QED) is 0.751. The normalized spacial score (nSPS) is 15.8. The van der Waals surface area contributed by atoms with Crippen LogP contribution in [0.25, 0.3) is 11.0 Å². The highest BCUT2D eigenvalue weighted by atomic mass is 32.2. The second-order valence-corrected chi connectivity index (χ2v) is 8.73. The fourth-order valence-electron chi connectivity index (χ4n) is 2.52. The zero-order chi connectivity index (χ0) is 20.5. The standard InChI is InChI=1S/C17H18FN3O6S/c1-4-5-25-16(22)19-12-7-14-10(6-11(12)18)13(20-26-14)9-28(23,24)15-8-17(2,3)27-21-15/h4,6-7H,1,5,8-9H2,2-3H3,(H,19,22). The number of rotatable bonds is 5. The maximum absolute atomic E-state index is 14.3. The van der Waals surface area contributed by atoms with Gasteiger partial charge in [0.2, 0.25) is 9.84 Å². The summed E-state index contributed by atoms with van der Waals surface area (Å²) in [7, 11) is -3.82. The fraction of sp³-hybridized carbons (Fsp3) is 0.353. The summed E-state index contributed by atoms with van der Waals surface area (Å²) in [4.78, 5) is 16.6. The molecule has 1 aliphatic rings. The Morgan fingerprint density at radius 2 is 2.21 bits per heavy atom. The Morgan fingerprint density at radius 3 is 2.86 bits per heavy atom. The maximum Gasteiger partial charge on any atom is 0.412 e. The molecule has 11 heteroatoms. The van der Waals surface area contributed by atoms with E-state index in [0.717, 1.165) is 6.07 Å². The lowest BCUT2D eigenvalue weighted by atomic mass is 10.1. The van der Waals surface area contributed by atoms with Crippen LogP contribution in [0.1, 0.15) is 26.0 Å². The zero-order valence-corrected chi connectivity index (χ0v) is 16.0. The lowest BCUT2D eigenvalue weighted by molar-refractivity contribution is 0.0123. The molecule has 0 atom stereocenters. The molecule has 1 aliphatic heterocycles. The smallest absolute Gasteiger partial charge is 0.412 e. The molecule has 1 aromatic carbocycles. The molecule has 0 aliphatic carbocycles. The minimum atomic E-state index is -3.82. The van der Waals surface area contributed by atoms with Crippen molar-refractivity contribution < 1.29 is 31.7 Å². The average Bonchev–Trinajstić information content (AvgIpc) is 3.16. The van der Waals surface area contributed by atoms with Crippen LogP contribution in [0.4, 0.5) is 14.9 Å². The highest BCUT2D eigenvalue weighted by Crippen LogP contribution is 2.29. The van der Waals surface area contributed by atoms with Crippen molar-refractivity contribution in [2.75, 3.05) is 11.9 Å². The van der Waals surface area contributed by atoms with E-state index in [1.807, 2.05) is 0 Å². The monoisotopic (exact) mass is 411 g/mol. The Morgan fingerprint density at radius 1 is 1.46 bits per heavy atom. The van der Waals surface area contributed by atoms with Crippen LogP contribution in [0.2, 0.25) is 0 Å². The van der Waals surface area contributed by atoms with Gasteiger partial charge in [-0.1, -0.05) is 23.0 Å². The highest BCUT2D eigenvalue weighted by Gasteiger charge is 2.36. The van der Waals surface area contributed by atoms with Gasteiger partial charge < -0.3 is 14.1 Å². The van der Waals surface area contributed by atoms with E-state index < -0.39 is 33.1 Å². The number of hydrogen-bond donors (Lipinski definition) is 1. The number of hydrogen-bond acceptors (Lipinski definition) is 8. The second kappa shape index (κ2) is 7.23.